The summed E-state index contributed by atoms with van der Waals surface area (Å²) >= 11 is 0. The van der Waals surface area contributed by atoms with E-state index in [0.717, 1.165) is 6.42 Å². The monoisotopic (exact) mass is 284 g/mol. The van der Waals surface area contributed by atoms with Crippen LogP contribution in [0.15, 0.2) is 36.4 Å². The molecule has 1 aromatic carbocycles. The topological polar surface area (TPSA) is 80.5 Å². The molecule has 21 heavy (non-hydrogen) atoms. The van der Waals surface area contributed by atoms with Gasteiger partial charge in [-0.1, -0.05) is 12.2 Å². The van der Waals surface area contributed by atoms with Gasteiger partial charge < -0.3 is 0 Å². The lowest BCUT2D eigenvalue weighted by Crippen LogP contribution is -2.32. The van der Waals surface area contributed by atoms with E-state index >= 15 is 0 Å². The number of nitro benzene ring substituents is 1. The van der Waals surface area contributed by atoms with E-state index in [2.05, 4.69) is 0 Å². The van der Waals surface area contributed by atoms with Crippen LogP contribution in [0.4, 0.5) is 11.4 Å². The third-order valence-corrected chi connectivity index (χ3v) is 4.79. The highest BCUT2D eigenvalue weighted by atomic mass is 16.6. The van der Waals surface area contributed by atoms with Gasteiger partial charge in [-0.3, -0.25) is 24.6 Å². The fraction of sp³-hybridized carbons (Fsp3) is 0.333. The first kappa shape index (κ1) is 12.3. The van der Waals surface area contributed by atoms with E-state index in [0.29, 0.717) is 5.69 Å². The fourth-order valence-corrected chi connectivity index (χ4v) is 3.88. The summed E-state index contributed by atoms with van der Waals surface area (Å²) in [6, 6.07) is 5.56. The molecule has 1 aliphatic heterocycles. The third-order valence-electron chi connectivity index (χ3n) is 4.79. The van der Waals surface area contributed by atoms with Crippen LogP contribution < -0.4 is 4.90 Å². The second-order valence-corrected chi connectivity index (χ2v) is 5.79. The van der Waals surface area contributed by atoms with Crippen molar-refractivity contribution < 1.29 is 14.5 Å². The number of anilines is 1. The Bertz CT molecular complexity index is 664. The number of nitrogens with zero attached hydrogens (tertiary/aromatic N) is 2. The van der Waals surface area contributed by atoms with Gasteiger partial charge in [0.2, 0.25) is 11.8 Å². The number of rotatable bonds is 2. The Kier molecular flexibility index (Phi) is 2.34. The summed E-state index contributed by atoms with van der Waals surface area (Å²) in [5.74, 6) is -0.504. The van der Waals surface area contributed by atoms with Crippen LogP contribution in [0.3, 0.4) is 0 Å². The fourth-order valence-electron chi connectivity index (χ4n) is 3.88. The second kappa shape index (κ2) is 4.00. The summed E-state index contributed by atoms with van der Waals surface area (Å²) in [5.41, 5.74) is 0.365. The van der Waals surface area contributed by atoms with Gasteiger partial charge in [0.1, 0.15) is 0 Å². The van der Waals surface area contributed by atoms with E-state index < -0.39 is 4.92 Å². The minimum atomic E-state index is -0.504. The lowest BCUT2D eigenvalue weighted by atomic mass is 9.85. The molecule has 0 radical (unpaired) electrons. The van der Waals surface area contributed by atoms with Crippen molar-refractivity contribution in [2.45, 2.75) is 6.42 Å². The number of imide groups is 1. The van der Waals surface area contributed by atoms with E-state index in [9.17, 15) is 19.7 Å². The van der Waals surface area contributed by atoms with E-state index in [1.54, 1.807) is 0 Å². The molecule has 6 heteroatoms. The van der Waals surface area contributed by atoms with Gasteiger partial charge in [-0.15, -0.1) is 0 Å². The van der Waals surface area contributed by atoms with E-state index in [4.69, 9.17) is 0 Å². The van der Waals surface area contributed by atoms with Crippen molar-refractivity contribution in [2.24, 2.45) is 23.7 Å². The SMILES string of the molecule is O=C1[C@@H]2[C@H](C(=O)N1c1ccc([N+](=O)[O-])cc1)[C@H]1C=C[C@H]2C1. The quantitative estimate of drug-likeness (QED) is 0.359. The van der Waals surface area contributed by atoms with Crippen LogP contribution in [0.25, 0.3) is 0 Å². The molecule has 2 amide bonds. The van der Waals surface area contributed by atoms with Crippen molar-refractivity contribution in [3.8, 4) is 0 Å². The predicted molar refractivity (Wildman–Crippen MR) is 73.3 cm³/mol. The molecule has 0 aromatic heterocycles. The molecule has 4 rings (SSSR count). The zero-order valence-corrected chi connectivity index (χ0v) is 11.0. The van der Waals surface area contributed by atoms with Gasteiger partial charge in [0.25, 0.3) is 5.69 Å². The number of carbonyl (C=O) groups excluding carboxylic acids is 2. The molecule has 1 heterocycles. The van der Waals surface area contributed by atoms with Gasteiger partial charge in [-0.2, -0.15) is 0 Å². The molecular weight excluding hydrogens is 272 g/mol. The van der Waals surface area contributed by atoms with Crippen LogP contribution in [0.5, 0.6) is 0 Å². The van der Waals surface area contributed by atoms with Crippen LogP contribution in [0, 0.1) is 33.8 Å². The molecular formula is C15H12N2O4. The normalized spacial score (nSPS) is 32.9. The maximum absolute atomic E-state index is 12.5. The number of nitro groups is 1. The minimum Gasteiger partial charge on any atom is -0.274 e. The lowest BCUT2D eigenvalue weighted by Gasteiger charge is -2.16. The molecule has 1 aromatic rings. The van der Waals surface area contributed by atoms with Gasteiger partial charge in [-0.25, -0.2) is 0 Å². The average Bonchev–Trinajstić information content (AvgIpc) is 3.13. The molecule has 6 nitrogen and oxygen atoms in total. The minimum absolute atomic E-state index is 0.0558. The Hall–Kier alpha value is -2.50. The Morgan fingerprint density at radius 3 is 2.00 bits per heavy atom. The van der Waals surface area contributed by atoms with Gasteiger partial charge in [0, 0.05) is 12.1 Å². The molecule has 2 fully saturated rings. The Balaban J connectivity index is 1.69. The van der Waals surface area contributed by atoms with Gasteiger partial charge in [0.05, 0.1) is 22.4 Å². The zero-order chi connectivity index (χ0) is 14.7. The molecule has 0 unspecified atom stereocenters. The maximum Gasteiger partial charge on any atom is 0.269 e. The van der Waals surface area contributed by atoms with Gasteiger partial charge >= 0.3 is 0 Å². The molecule has 106 valence electrons. The summed E-state index contributed by atoms with van der Waals surface area (Å²) < 4.78 is 0. The van der Waals surface area contributed by atoms with Crippen molar-refractivity contribution in [3.05, 3.63) is 46.5 Å². The average molecular weight is 284 g/mol. The highest BCUT2D eigenvalue weighted by Crippen LogP contribution is 2.53. The summed E-state index contributed by atoms with van der Waals surface area (Å²) in [5, 5.41) is 10.7. The number of amides is 2. The number of hydrogen-bond acceptors (Lipinski definition) is 4. The molecule has 0 N–H and O–H groups in total. The number of allylic oxidation sites excluding steroid dienone is 2. The van der Waals surface area contributed by atoms with Crippen molar-refractivity contribution in [1.29, 1.82) is 0 Å². The van der Waals surface area contributed by atoms with Crippen molar-refractivity contribution in [2.75, 3.05) is 4.90 Å². The van der Waals surface area contributed by atoms with Crippen molar-refractivity contribution in [1.82, 2.24) is 0 Å². The van der Waals surface area contributed by atoms with Crippen LogP contribution in [-0.4, -0.2) is 16.7 Å². The van der Waals surface area contributed by atoms with E-state index in [-0.39, 0.29) is 41.2 Å². The van der Waals surface area contributed by atoms with Crippen LogP contribution in [0.2, 0.25) is 0 Å². The largest absolute Gasteiger partial charge is 0.274 e. The van der Waals surface area contributed by atoms with Gasteiger partial charge in [0.15, 0.2) is 0 Å². The standard InChI is InChI=1S/C15H12N2O4/c18-14-12-8-1-2-9(7-8)13(12)15(19)16(14)10-3-5-11(6-4-10)17(20)21/h1-6,8-9,12-13H,7H2/t8-,9-,12-,13+/m0/s1. The highest BCUT2D eigenvalue weighted by molar-refractivity contribution is 6.22. The van der Waals surface area contributed by atoms with Crippen molar-refractivity contribution in [3.63, 3.8) is 0 Å². The Morgan fingerprint density at radius 1 is 1.00 bits per heavy atom. The summed E-state index contributed by atoms with van der Waals surface area (Å²) in [4.78, 5) is 36.4. The first-order valence-corrected chi connectivity index (χ1v) is 6.88. The number of hydrogen-bond donors (Lipinski definition) is 0. The van der Waals surface area contributed by atoms with Gasteiger partial charge in [-0.05, 0) is 30.4 Å². The molecule has 4 atom stereocenters. The molecule has 1 saturated heterocycles. The van der Waals surface area contributed by atoms with Crippen LogP contribution >= 0.6 is 0 Å². The van der Waals surface area contributed by atoms with Crippen LogP contribution in [0.1, 0.15) is 6.42 Å². The first-order valence-electron chi connectivity index (χ1n) is 6.88. The summed E-state index contributed by atoms with van der Waals surface area (Å²) in [6.45, 7) is 0. The number of benzene rings is 1. The zero-order valence-electron chi connectivity index (χ0n) is 11.0. The smallest absolute Gasteiger partial charge is 0.269 e. The molecule has 3 aliphatic rings. The number of non-ortho nitro benzene ring substituents is 1. The molecule has 1 saturated carbocycles. The third kappa shape index (κ3) is 1.53. The maximum atomic E-state index is 12.5. The Labute approximate surface area is 120 Å². The molecule has 0 spiro atoms. The first-order chi connectivity index (χ1) is 10.1. The number of carbonyl (C=O) groups is 2. The predicted octanol–water partition coefficient (Wildman–Crippen LogP) is 1.91. The summed E-state index contributed by atoms with van der Waals surface area (Å²) in [7, 11) is 0. The molecule has 2 aliphatic carbocycles. The van der Waals surface area contributed by atoms with Crippen LogP contribution in [-0.2, 0) is 9.59 Å². The highest BCUT2D eigenvalue weighted by Gasteiger charge is 2.59. The van der Waals surface area contributed by atoms with E-state index in [1.165, 1.54) is 29.2 Å². The Morgan fingerprint density at radius 2 is 1.52 bits per heavy atom. The second-order valence-electron chi connectivity index (χ2n) is 5.79. The lowest BCUT2D eigenvalue weighted by molar-refractivity contribution is -0.384. The number of fused-ring (bicyclic) bond motifs is 5. The summed E-state index contributed by atoms with van der Waals surface area (Å²) in [6.07, 6.45) is 4.97. The van der Waals surface area contributed by atoms with E-state index in [1.807, 2.05) is 12.2 Å². The van der Waals surface area contributed by atoms with Crippen molar-refractivity contribution >= 4 is 23.2 Å². The molecule has 2 bridgehead atoms.